The normalized spacial score (nSPS) is 18.8. The summed E-state index contributed by atoms with van der Waals surface area (Å²) in [5, 5.41) is 0. The highest BCUT2D eigenvalue weighted by atomic mass is 32.2. The van der Waals surface area contributed by atoms with Crippen molar-refractivity contribution < 1.29 is 17.7 Å². The number of hydrogen-bond donors (Lipinski definition) is 2. The Labute approximate surface area is 216 Å². The molecule has 1 spiro atoms. The Morgan fingerprint density at radius 2 is 1.67 bits per heavy atom. The van der Waals surface area contributed by atoms with E-state index in [0.29, 0.717) is 12.0 Å². The second kappa shape index (κ2) is 12.2. The van der Waals surface area contributed by atoms with Crippen LogP contribution in [0.5, 0.6) is 5.75 Å². The van der Waals surface area contributed by atoms with Crippen LogP contribution < -0.4 is 9.46 Å². The molecule has 2 fully saturated rings. The third-order valence-corrected chi connectivity index (χ3v) is 8.09. The van der Waals surface area contributed by atoms with E-state index in [9.17, 15) is 8.42 Å². The van der Waals surface area contributed by atoms with Crippen LogP contribution in [0.25, 0.3) is 0 Å². The zero-order chi connectivity index (χ0) is 25.4. The Hall–Kier alpha value is -2.37. The first-order valence-corrected chi connectivity index (χ1v) is 14.5. The second-order valence-electron chi connectivity index (χ2n) is 10.3. The SMILES string of the molecule is CC#CC(CNS(=O)(=O)O)c1ccc(OCc2ccc(CN3CCCC4(CCCCC4)C3)cc2)cc1. The molecule has 0 aromatic heterocycles. The molecule has 0 radical (unpaired) electrons. The highest BCUT2D eigenvalue weighted by Crippen LogP contribution is 2.43. The Kier molecular flexibility index (Phi) is 9.08. The van der Waals surface area contributed by atoms with Gasteiger partial charge in [-0.25, -0.2) is 0 Å². The maximum atomic E-state index is 11.0. The van der Waals surface area contributed by atoms with Gasteiger partial charge in [-0.3, -0.25) is 9.45 Å². The third-order valence-electron chi connectivity index (χ3n) is 7.56. The van der Waals surface area contributed by atoms with E-state index in [1.54, 1.807) is 6.92 Å². The van der Waals surface area contributed by atoms with Gasteiger partial charge in [0.2, 0.25) is 0 Å². The Balaban J connectivity index is 1.28. The summed E-state index contributed by atoms with van der Waals surface area (Å²) >= 11 is 0. The first-order valence-electron chi connectivity index (χ1n) is 13.0. The number of likely N-dealkylation sites (tertiary alicyclic amines) is 1. The molecule has 1 aliphatic heterocycles. The molecule has 1 saturated carbocycles. The predicted molar refractivity (Wildman–Crippen MR) is 143 cm³/mol. The Morgan fingerprint density at radius 3 is 2.33 bits per heavy atom. The van der Waals surface area contributed by atoms with Crippen molar-refractivity contribution in [3.63, 3.8) is 0 Å². The summed E-state index contributed by atoms with van der Waals surface area (Å²) in [6.45, 7) is 5.67. The summed E-state index contributed by atoms with van der Waals surface area (Å²) in [4.78, 5) is 2.66. The van der Waals surface area contributed by atoms with Gasteiger partial charge in [-0.05, 0) is 73.4 Å². The molecule has 2 aromatic rings. The van der Waals surface area contributed by atoms with Crippen LogP contribution in [0.1, 0.15) is 74.5 Å². The van der Waals surface area contributed by atoms with Gasteiger partial charge in [0, 0.05) is 19.6 Å². The lowest BCUT2D eigenvalue weighted by molar-refractivity contribution is 0.0494. The summed E-state index contributed by atoms with van der Waals surface area (Å²) in [6, 6.07) is 16.2. The number of rotatable bonds is 9. The van der Waals surface area contributed by atoms with Crippen LogP contribution in [0.15, 0.2) is 48.5 Å². The maximum absolute atomic E-state index is 11.0. The number of benzene rings is 2. The van der Waals surface area contributed by atoms with Crippen molar-refractivity contribution in [1.29, 1.82) is 0 Å². The van der Waals surface area contributed by atoms with E-state index in [0.717, 1.165) is 23.4 Å². The smallest absolute Gasteiger partial charge is 0.333 e. The zero-order valence-corrected chi connectivity index (χ0v) is 22.0. The number of hydrogen-bond acceptors (Lipinski definition) is 4. The van der Waals surface area contributed by atoms with Crippen molar-refractivity contribution in [2.75, 3.05) is 19.6 Å². The molecule has 36 heavy (non-hydrogen) atoms. The van der Waals surface area contributed by atoms with E-state index in [1.807, 2.05) is 24.3 Å². The van der Waals surface area contributed by atoms with Crippen molar-refractivity contribution in [3.05, 3.63) is 65.2 Å². The number of nitrogens with one attached hydrogen (secondary N) is 1. The largest absolute Gasteiger partial charge is 0.489 e. The van der Waals surface area contributed by atoms with E-state index in [-0.39, 0.29) is 12.5 Å². The Morgan fingerprint density at radius 1 is 1.00 bits per heavy atom. The summed E-state index contributed by atoms with van der Waals surface area (Å²) in [5.41, 5.74) is 3.91. The molecular formula is C29H38N2O4S. The van der Waals surface area contributed by atoms with Gasteiger partial charge in [0.1, 0.15) is 12.4 Å². The molecule has 4 rings (SSSR count). The maximum Gasteiger partial charge on any atom is 0.333 e. The van der Waals surface area contributed by atoms with Gasteiger partial charge in [0.05, 0.1) is 5.92 Å². The van der Waals surface area contributed by atoms with Crippen molar-refractivity contribution in [1.82, 2.24) is 9.62 Å². The molecule has 2 aromatic carbocycles. The minimum atomic E-state index is -4.26. The minimum Gasteiger partial charge on any atom is -0.489 e. The molecule has 1 atom stereocenters. The number of ether oxygens (including phenoxy) is 1. The van der Waals surface area contributed by atoms with Crippen LogP contribution in [-0.4, -0.2) is 37.5 Å². The summed E-state index contributed by atoms with van der Waals surface area (Å²) < 4.78 is 39.0. The lowest BCUT2D eigenvalue weighted by atomic mass is 9.69. The zero-order valence-electron chi connectivity index (χ0n) is 21.2. The quantitative estimate of drug-likeness (QED) is 0.353. The fourth-order valence-corrected chi connectivity index (χ4v) is 6.11. The molecule has 0 amide bonds. The van der Waals surface area contributed by atoms with E-state index < -0.39 is 10.3 Å². The first kappa shape index (κ1) is 26.7. The Bertz CT molecular complexity index is 1140. The molecular weight excluding hydrogens is 472 g/mol. The molecule has 0 bridgehead atoms. The van der Waals surface area contributed by atoms with Crippen LogP contribution in [0.3, 0.4) is 0 Å². The van der Waals surface area contributed by atoms with E-state index in [4.69, 9.17) is 9.29 Å². The lowest BCUT2D eigenvalue weighted by Gasteiger charge is -2.45. The highest BCUT2D eigenvalue weighted by Gasteiger charge is 2.36. The highest BCUT2D eigenvalue weighted by molar-refractivity contribution is 7.83. The van der Waals surface area contributed by atoms with Crippen LogP contribution >= 0.6 is 0 Å². The van der Waals surface area contributed by atoms with Crippen LogP contribution in [0, 0.1) is 17.3 Å². The molecule has 1 saturated heterocycles. The van der Waals surface area contributed by atoms with Crippen molar-refractivity contribution >= 4 is 10.3 Å². The van der Waals surface area contributed by atoms with E-state index in [2.05, 4.69) is 45.7 Å². The van der Waals surface area contributed by atoms with Crippen molar-refractivity contribution in [3.8, 4) is 17.6 Å². The lowest BCUT2D eigenvalue weighted by Crippen LogP contribution is -2.43. The van der Waals surface area contributed by atoms with Gasteiger partial charge in [-0.1, -0.05) is 61.6 Å². The first-order chi connectivity index (χ1) is 17.3. The van der Waals surface area contributed by atoms with Gasteiger partial charge in [-0.15, -0.1) is 5.92 Å². The predicted octanol–water partition coefficient (Wildman–Crippen LogP) is 5.31. The summed E-state index contributed by atoms with van der Waals surface area (Å²) in [6.07, 6.45) is 9.79. The minimum absolute atomic E-state index is 0.00460. The van der Waals surface area contributed by atoms with Crippen LogP contribution in [-0.2, 0) is 23.5 Å². The fraction of sp³-hybridized carbons (Fsp3) is 0.517. The molecule has 1 aliphatic carbocycles. The van der Waals surface area contributed by atoms with Gasteiger partial charge >= 0.3 is 10.3 Å². The average Bonchev–Trinajstić information content (AvgIpc) is 2.86. The van der Waals surface area contributed by atoms with Gasteiger partial charge in [0.15, 0.2) is 0 Å². The van der Waals surface area contributed by atoms with Crippen molar-refractivity contribution in [2.45, 2.75) is 70.9 Å². The molecule has 7 heteroatoms. The second-order valence-corrected chi connectivity index (χ2v) is 11.6. The van der Waals surface area contributed by atoms with E-state index >= 15 is 0 Å². The monoisotopic (exact) mass is 510 g/mol. The van der Waals surface area contributed by atoms with E-state index in [1.165, 1.54) is 63.6 Å². The number of piperidine rings is 1. The average molecular weight is 511 g/mol. The topological polar surface area (TPSA) is 78.9 Å². The molecule has 1 heterocycles. The van der Waals surface area contributed by atoms with Crippen molar-refractivity contribution in [2.24, 2.45) is 5.41 Å². The molecule has 194 valence electrons. The molecule has 1 unspecified atom stereocenters. The molecule has 6 nitrogen and oxygen atoms in total. The van der Waals surface area contributed by atoms with Gasteiger partial charge < -0.3 is 4.74 Å². The van der Waals surface area contributed by atoms with Gasteiger partial charge in [-0.2, -0.15) is 13.1 Å². The number of nitrogens with zero attached hydrogens (tertiary/aromatic N) is 1. The summed E-state index contributed by atoms with van der Waals surface area (Å²) in [5.74, 6) is 6.16. The fourth-order valence-electron chi connectivity index (χ4n) is 5.73. The molecule has 2 aliphatic rings. The van der Waals surface area contributed by atoms with Crippen LogP contribution in [0.4, 0.5) is 0 Å². The van der Waals surface area contributed by atoms with Crippen LogP contribution in [0.2, 0.25) is 0 Å². The van der Waals surface area contributed by atoms with Gasteiger partial charge in [0.25, 0.3) is 0 Å². The molecule has 2 N–H and O–H groups in total. The third kappa shape index (κ3) is 7.81. The summed E-state index contributed by atoms with van der Waals surface area (Å²) in [7, 11) is -4.26. The standard InChI is InChI=1S/C29H38N2O4S/c1-2-7-27(20-30-36(32,33)34)26-12-14-28(15-13-26)35-22-25-10-8-24(9-11-25)21-31-19-6-18-29(23-31)16-4-3-5-17-29/h8-15,27,30H,3-6,16-23H2,1H3,(H,32,33,34).